The molecule has 1 rings (SSSR count). The van der Waals surface area contributed by atoms with E-state index >= 15 is 0 Å². The minimum Gasteiger partial charge on any atom is -0.344 e. The summed E-state index contributed by atoms with van der Waals surface area (Å²) in [5, 5.41) is 2.80. The molecule has 0 saturated heterocycles. The van der Waals surface area contributed by atoms with E-state index in [-0.39, 0.29) is 0 Å². The largest absolute Gasteiger partial charge is 0.344 e. The third-order valence-electron chi connectivity index (χ3n) is 1.58. The average Bonchev–Trinajstić information content (AvgIpc) is 2.11. The monoisotopic (exact) mass is 184 g/mol. The van der Waals surface area contributed by atoms with E-state index in [4.69, 9.17) is 0 Å². The van der Waals surface area contributed by atoms with Gasteiger partial charge in [-0.2, -0.15) is 0 Å². The van der Waals surface area contributed by atoms with E-state index < -0.39 is 11.6 Å². The molecular formula is C9H10F2N2. The van der Waals surface area contributed by atoms with Crippen LogP contribution in [0.2, 0.25) is 0 Å². The Kier molecular flexibility index (Phi) is 2.95. The molecule has 70 valence electrons. The Hall–Kier alpha value is -1.45. The van der Waals surface area contributed by atoms with Gasteiger partial charge in [0.2, 0.25) is 0 Å². The number of rotatable bonds is 1. The Morgan fingerprint density at radius 3 is 2.54 bits per heavy atom. The van der Waals surface area contributed by atoms with Crippen molar-refractivity contribution in [2.75, 3.05) is 12.4 Å². The molecule has 4 heteroatoms. The van der Waals surface area contributed by atoms with Crippen molar-refractivity contribution in [3.63, 3.8) is 0 Å². The lowest BCUT2D eigenvalue weighted by molar-refractivity contribution is 0.509. The molecule has 0 heterocycles. The maximum atomic E-state index is 12.7. The third-order valence-corrected chi connectivity index (χ3v) is 1.58. The maximum Gasteiger partial charge on any atom is 0.160 e. The quantitative estimate of drug-likeness (QED) is 0.526. The molecule has 1 aromatic rings. The van der Waals surface area contributed by atoms with Gasteiger partial charge in [0.1, 0.15) is 0 Å². The first-order valence-electron chi connectivity index (χ1n) is 3.79. The van der Waals surface area contributed by atoms with Crippen LogP contribution in [0, 0.1) is 11.6 Å². The molecule has 0 amide bonds. The highest BCUT2D eigenvalue weighted by Crippen LogP contribution is 2.12. The fourth-order valence-corrected chi connectivity index (χ4v) is 0.839. The summed E-state index contributed by atoms with van der Waals surface area (Å²) in [5.41, 5.74) is 0.488. The molecule has 0 spiro atoms. The number of hydrogen-bond donors (Lipinski definition) is 1. The second-order valence-electron chi connectivity index (χ2n) is 2.56. The fourth-order valence-electron chi connectivity index (χ4n) is 0.839. The van der Waals surface area contributed by atoms with Crippen LogP contribution >= 0.6 is 0 Å². The molecule has 1 N–H and O–H groups in total. The summed E-state index contributed by atoms with van der Waals surface area (Å²) in [6.07, 6.45) is 0. The van der Waals surface area contributed by atoms with Crippen molar-refractivity contribution < 1.29 is 8.78 Å². The number of nitrogens with one attached hydrogen (secondary N) is 1. The van der Waals surface area contributed by atoms with E-state index in [2.05, 4.69) is 10.3 Å². The summed E-state index contributed by atoms with van der Waals surface area (Å²) in [6.45, 7) is 1.74. The Balaban J connectivity index is 2.86. The highest BCUT2D eigenvalue weighted by molar-refractivity contribution is 5.93. The van der Waals surface area contributed by atoms with Crippen molar-refractivity contribution in [3.8, 4) is 0 Å². The standard InChI is InChI=1S/C9H10F2N2/c1-6(12-2)13-7-3-4-8(10)9(11)5-7/h3-5H,1-2H3,(H,12,13). The summed E-state index contributed by atoms with van der Waals surface area (Å²) in [6, 6.07) is 3.61. The molecule has 0 aliphatic carbocycles. The van der Waals surface area contributed by atoms with Gasteiger partial charge in [0, 0.05) is 18.8 Å². The zero-order valence-electron chi connectivity index (χ0n) is 7.44. The van der Waals surface area contributed by atoms with Crippen molar-refractivity contribution in [1.82, 2.24) is 0 Å². The van der Waals surface area contributed by atoms with E-state index in [1.54, 1.807) is 14.0 Å². The van der Waals surface area contributed by atoms with Gasteiger partial charge in [-0.1, -0.05) is 0 Å². The third kappa shape index (κ3) is 2.50. The van der Waals surface area contributed by atoms with Gasteiger partial charge in [-0.05, 0) is 19.1 Å². The molecule has 0 radical (unpaired) electrons. The van der Waals surface area contributed by atoms with Crippen molar-refractivity contribution in [2.45, 2.75) is 6.92 Å². The molecule has 0 bridgehead atoms. The lowest BCUT2D eigenvalue weighted by atomic mass is 10.3. The van der Waals surface area contributed by atoms with Crippen molar-refractivity contribution in [3.05, 3.63) is 29.8 Å². The normalized spacial score (nSPS) is 11.5. The molecule has 0 saturated carbocycles. The van der Waals surface area contributed by atoms with Crippen LogP contribution in [0.3, 0.4) is 0 Å². The first-order valence-corrected chi connectivity index (χ1v) is 3.79. The van der Waals surface area contributed by atoms with Crippen molar-refractivity contribution >= 4 is 11.5 Å². The highest BCUT2D eigenvalue weighted by Gasteiger charge is 2.01. The summed E-state index contributed by atoms with van der Waals surface area (Å²) < 4.78 is 25.2. The van der Waals surface area contributed by atoms with Crippen molar-refractivity contribution in [2.24, 2.45) is 4.99 Å². The smallest absolute Gasteiger partial charge is 0.160 e. The predicted octanol–water partition coefficient (Wildman–Crippen LogP) is 2.42. The zero-order valence-corrected chi connectivity index (χ0v) is 7.44. The van der Waals surface area contributed by atoms with E-state index in [9.17, 15) is 8.78 Å². The minimum atomic E-state index is -0.867. The van der Waals surface area contributed by atoms with Gasteiger partial charge in [-0.25, -0.2) is 8.78 Å². The van der Waals surface area contributed by atoms with Gasteiger partial charge in [0.05, 0.1) is 5.84 Å². The Bertz CT molecular complexity index is 334. The lowest BCUT2D eigenvalue weighted by Gasteiger charge is -2.04. The topological polar surface area (TPSA) is 24.4 Å². The second-order valence-corrected chi connectivity index (χ2v) is 2.56. The number of amidine groups is 1. The van der Waals surface area contributed by atoms with Gasteiger partial charge < -0.3 is 5.32 Å². The van der Waals surface area contributed by atoms with Crippen LogP contribution in [0.5, 0.6) is 0 Å². The average molecular weight is 184 g/mol. The molecular weight excluding hydrogens is 174 g/mol. The van der Waals surface area contributed by atoms with Crippen LogP contribution in [-0.4, -0.2) is 12.9 Å². The maximum absolute atomic E-state index is 12.7. The van der Waals surface area contributed by atoms with E-state index in [1.807, 2.05) is 0 Å². The molecule has 0 unspecified atom stereocenters. The first kappa shape index (κ1) is 9.64. The zero-order chi connectivity index (χ0) is 9.84. The number of hydrogen-bond acceptors (Lipinski definition) is 1. The van der Waals surface area contributed by atoms with Gasteiger partial charge in [-0.3, -0.25) is 4.99 Å². The number of nitrogens with zero attached hydrogens (tertiary/aromatic N) is 1. The lowest BCUT2D eigenvalue weighted by Crippen LogP contribution is -2.06. The van der Waals surface area contributed by atoms with Crippen molar-refractivity contribution in [1.29, 1.82) is 0 Å². The van der Waals surface area contributed by atoms with Gasteiger partial charge in [-0.15, -0.1) is 0 Å². The van der Waals surface area contributed by atoms with Crippen LogP contribution in [0.1, 0.15) is 6.92 Å². The number of aliphatic imine (C=N–C) groups is 1. The van der Waals surface area contributed by atoms with E-state index in [1.165, 1.54) is 6.07 Å². The fraction of sp³-hybridized carbons (Fsp3) is 0.222. The molecule has 0 aliphatic heterocycles. The summed E-state index contributed by atoms with van der Waals surface area (Å²) in [7, 11) is 1.61. The molecule has 0 aromatic heterocycles. The summed E-state index contributed by atoms with van der Waals surface area (Å²) >= 11 is 0. The molecule has 0 atom stereocenters. The molecule has 0 aliphatic rings. The SMILES string of the molecule is CN=C(C)Nc1ccc(F)c(F)c1. The van der Waals surface area contributed by atoms with Gasteiger partial charge in [0.15, 0.2) is 11.6 Å². The number of benzene rings is 1. The number of anilines is 1. The Morgan fingerprint density at radius 2 is 2.00 bits per heavy atom. The van der Waals surface area contributed by atoms with Crippen LogP contribution in [0.25, 0.3) is 0 Å². The molecule has 0 fully saturated rings. The second kappa shape index (κ2) is 3.98. The van der Waals surface area contributed by atoms with E-state index in [0.717, 1.165) is 12.1 Å². The van der Waals surface area contributed by atoms with Crippen LogP contribution in [-0.2, 0) is 0 Å². The summed E-state index contributed by atoms with van der Waals surface area (Å²) in [5.74, 6) is -1.07. The Labute approximate surface area is 75.3 Å². The molecule has 1 aromatic carbocycles. The first-order chi connectivity index (χ1) is 6.13. The van der Waals surface area contributed by atoms with Crippen LogP contribution in [0.15, 0.2) is 23.2 Å². The van der Waals surface area contributed by atoms with Gasteiger partial charge in [0.25, 0.3) is 0 Å². The predicted molar refractivity (Wildman–Crippen MR) is 49.0 cm³/mol. The van der Waals surface area contributed by atoms with E-state index in [0.29, 0.717) is 11.5 Å². The molecule has 13 heavy (non-hydrogen) atoms. The van der Waals surface area contributed by atoms with Crippen LogP contribution < -0.4 is 5.32 Å². The number of halogens is 2. The van der Waals surface area contributed by atoms with Gasteiger partial charge >= 0.3 is 0 Å². The highest BCUT2D eigenvalue weighted by atomic mass is 19.2. The molecule has 2 nitrogen and oxygen atoms in total. The Morgan fingerprint density at radius 1 is 1.31 bits per heavy atom. The summed E-state index contributed by atoms with van der Waals surface area (Å²) in [4.78, 5) is 3.83. The van der Waals surface area contributed by atoms with Crippen LogP contribution in [0.4, 0.5) is 14.5 Å². The minimum absolute atomic E-state index is 0.488.